The monoisotopic (exact) mass is 465 g/mol. The fraction of sp³-hybridized carbons (Fsp3) is 0.200. The maximum atomic E-state index is 13.5. The number of thiazole rings is 1. The van der Waals surface area contributed by atoms with E-state index in [9.17, 15) is 23.7 Å². The molecule has 9 nitrogen and oxygen atoms in total. The van der Waals surface area contributed by atoms with E-state index in [2.05, 4.69) is 10.3 Å². The number of nitrogens with one attached hydrogen (secondary N) is 1. The molecular weight excluding hydrogens is 448 g/mol. The first kappa shape index (κ1) is 23.0. The molecule has 32 heavy (non-hydrogen) atoms. The Kier molecular flexibility index (Phi) is 7.28. The Morgan fingerprint density at radius 2 is 1.94 bits per heavy atom. The lowest BCUT2D eigenvalue weighted by atomic mass is 10.1. The first-order valence-corrected chi connectivity index (χ1v) is 9.92. The zero-order valence-electron chi connectivity index (χ0n) is 16.9. The standard InChI is InChI=1S/C20H17F2N3O6S/c1-29-5-6-31-18-9-16(25(27)28)12(8-17(18)30-2)19(26)24-20-23-15(10-32-20)11-3-4-13(21)14(22)7-11/h3-4,7-10H,5-6H2,1-2H3,(H,23,24,26). The van der Waals surface area contributed by atoms with Gasteiger partial charge in [0.05, 0.1) is 30.4 Å². The molecule has 0 saturated heterocycles. The van der Waals surface area contributed by atoms with E-state index < -0.39 is 28.2 Å². The first-order valence-electron chi connectivity index (χ1n) is 9.04. The van der Waals surface area contributed by atoms with Crippen molar-refractivity contribution in [2.24, 2.45) is 0 Å². The summed E-state index contributed by atoms with van der Waals surface area (Å²) >= 11 is 1.02. The average molecular weight is 465 g/mol. The highest BCUT2D eigenvalue weighted by atomic mass is 32.1. The van der Waals surface area contributed by atoms with Gasteiger partial charge in [-0.3, -0.25) is 20.2 Å². The number of carbonyl (C=O) groups excluding carboxylic acids is 1. The van der Waals surface area contributed by atoms with Gasteiger partial charge in [0.2, 0.25) is 0 Å². The molecule has 1 amide bonds. The number of carbonyl (C=O) groups is 1. The Hall–Kier alpha value is -3.64. The molecule has 0 aliphatic carbocycles. The second kappa shape index (κ2) is 10.1. The predicted octanol–water partition coefficient (Wildman–Crippen LogP) is 4.28. The van der Waals surface area contributed by atoms with Gasteiger partial charge in [-0.05, 0) is 18.2 Å². The van der Waals surface area contributed by atoms with Crippen molar-refractivity contribution in [3.8, 4) is 22.8 Å². The van der Waals surface area contributed by atoms with Crippen LogP contribution in [-0.4, -0.2) is 43.2 Å². The number of nitro groups is 1. The van der Waals surface area contributed by atoms with Crippen molar-refractivity contribution >= 4 is 28.1 Å². The lowest BCUT2D eigenvalue weighted by Crippen LogP contribution is -2.15. The second-order valence-corrected chi connectivity index (χ2v) is 7.10. The molecule has 0 bridgehead atoms. The van der Waals surface area contributed by atoms with E-state index in [4.69, 9.17) is 14.2 Å². The molecule has 3 rings (SSSR count). The number of hydrogen-bond acceptors (Lipinski definition) is 8. The maximum Gasteiger partial charge on any atom is 0.286 e. The molecule has 0 aliphatic heterocycles. The van der Waals surface area contributed by atoms with Gasteiger partial charge in [0.1, 0.15) is 12.2 Å². The fourth-order valence-electron chi connectivity index (χ4n) is 2.67. The van der Waals surface area contributed by atoms with Crippen LogP contribution in [0.2, 0.25) is 0 Å². The third-order valence-corrected chi connectivity index (χ3v) is 4.97. The number of nitro benzene ring substituents is 1. The van der Waals surface area contributed by atoms with Crippen LogP contribution >= 0.6 is 11.3 Å². The van der Waals surface area contributed by atoms with Gasteiger partial charge in [0, 0.05) is 24.1 Å². The molecule has 1 heterocycles. The van der Waals surface area contributed by atoms with E-state index in [1.165, 1.54) is 31.7 Å². The molecular formula is C20H17F2N3O6S. The molecule has 0 atom stereocenters. The van der Waals surface area contributed by atoms with Gasteiger partial charge in [-0.2, -0.15) is 0 Å². The highest BCUT2D eigenvalue weighted by molar-refractivity contribution is 7.14. The maximum absolute atomic E-state index is 13.5. The van der Waals surface area contributed by atoms with E-state index in [0.29, 0.717) is 11.3 Å². The lowest BCUT2D eigenvalue weighted by molar-refractivity contribution is -0.385. The number of benzene rings is 2. The van der Waals surface area contributed by atoms with Gasteiger partial charge >= 0.3 is 0 Å². The smallest absolute Gasteiger partial charge is 0.286 e. The van der Waals surface area contributed by atoms with Gasteiger partial charge in [0.15, 0.2) is 28.3 Å². The molecule has 12 heteroatoms. The van der Waals surface area contributed by atoms with E-state index >= 15 is 0 Å². The molecule has 168 valence electrons. The molecule has 1 N–H and O–H groups in total. The molecule has 2 aromatic carbocycles. The van der Waals surface area contributed by atoms with Gasteiger partial charge in [0.25, 0.3) is 11.6 Å². The summed E-state index contributed by atoms with van der Waals surface area (Å²) in [7, 11) is 2.81. The Morgan fingerprint density at radius 3 is 2.59 bits per heavy atom. The van der Waals surface area contributed by atoms with Crippen molar-refractivity contribution in [3.63, 3.8) is 0 Å². The van der Waals surface area contributed by atoms with Crippen LogP contribution in [0.1, 0.15) is 10.4 Å². The molecule has 0 radical (unpaired) electrons. The molecule has 0 spiro atoms. The second-order valence-electron chi connectivity index (χ2n) is 6.24. The normalized spacial score (nSPS) is 10.6. The van der Waals surface area contributed by atoms with Crippen molar-refractivity contribution < 1.29 is 32.7 Å². The van der Waals surface area contributed by atoms with E-state index in [-0.39, 0.29) is 35.4 Å². The Labute approximate surface area is 184 Å². The number of rotatable bonds is 9. The SMILES string of the molecule is COCCOc1cc([N+](=O)[O-])c(C(=O)Nc2nc(-c3ccc(F)c(F)c3)cs2)cc1OC. The Morgan fingerprint density at radius 1 is 1.16 bits per heavy atom. The quantitative estimate of drug-likeness (QED) is 0.285. The van der Waals surface area contributed by atoms with Crippen LogP contribution in [0.3, 0.4) is 0 Å². The molecule has 3 aromatic rings. The van der Waals surface area contributed by atoms with E-state index in [0.717, 1.165) is 29.5 Å². The van der Waals surface area contributed by atoms with Crippen LogP contribution in [0, 0.1) is 21.7 Å². The van der Waals surface area contributed by atoms with Gasteiger partial charge in [-0.25, -0.2) is 13.8 Å². The third-order valence-electron chi connectivity index (χ3n) is 4.21. The zero-order chi connectivity index (χ0) is 23.3. The number of anilines is 1. The summed E-state index contributed by atoms with van der Waals surface area (Å²) in [6, 6.07) is 5.58. The summed E-state index contributed by atoms with van der Waals surface area (Å²) in [5.41, 5.74) is -0.146. The molecule has 0 fully saturated rings. The lowest BCUT2D eigenvalue weighted by Gasteiger charge is -2.12. The van der Waals surface area contributed by atoms with Crippen LogP contribution in [0.5, 0.6) is 11.5 Å². The Balaban J connectivity index is 1.86. The Bertz CT molecular complexity index is 1150. The van der Waals surface area contributed by atoms with Crippen LogP contribution in [-0.2, 0) is 4.74 Å². The number of aromatic nitrogens is 1. The van der Waals surface area contributed by atoms with Crippen molar-refractivity contribution in [1.29, 1.82) is 0 Å². The minimum Gasteiger partial charge on any atom is -0.493 e. The van der Waals surface area contributed by atoms with Crippen molar-refractivity contribution in [2.45, 2.75) is 0 Å². The topological polar surface area (TPSA) is 113 Å². The summed E-state index contributed by atoms with van der Waals surface area (Å²) in [5, 5.41) is 15.7. The molecule has 1 aromatic heterocycles. The van der Waals surface area contributed by atoms with E-state index in [1.807, 2.05) is 0 Å². The van der Waals surface area contributed by atoms with Crippen LogP contribution in [0.25, 0.3) is 11.3 Å². The summed E-state index contributed by atoms with van der Waals surface area (Å²) in [5.74, 6) is -2.62. The summed E-state index contributed by atoms with van der Waals surface area (Å²) in [6.07, 6.45) is 0. The largest absolute Gasteiger partial charge is 0.493 e. The first-order chi connectivity index (χ1) is 15.3. The minimum atomic E-state index is -1.03. The molecule has 0 unspecified atom stereocenters. The van der Waals surface area contributed by atoms with Gasteiger partial charge in [-0.15, -0.1) is 11.3 Å². The zero-order valence-corrected chi connectivity index (χ0v) is 17.7. The number of methoxy groups -OCH3 is 2. The predicted molar refractivity (Wildman–Crippen MR) is 112 cm³/mol. The van der Waals surface area contributed by atoms with Crippen molar-refractivity contribution in [3.05, 3.63) is 63.0 Å². The van der Waals surface area contributed by atoms with Crippen LogP contribution < -0.4 is 14.8 Å². The van der Waals surface area contributed by atoms with Crippen LogP contribution in [0.15, 0.2) is 35.7 Å². The van der Waals surface area contributed by atoms with Crippen molar-refractivity contribution in [2.75, 3.05) is 32.8 Å². The number of nitrogens with zero attached hydrogens (tertiary/aromatic N) is 2. The molecule has 0 aliphatic rings. The van der Waals surface area contributed by atoms with Crippen molar-refractivity contribution in [1.82, 2.24) is 4.98 Å². The number of ether oxygens (including phenoxy) is 3. The van der Waals surface area contributed by atoms with Crippen LogP contribution in [0.4, 0.5) is 19.6 Å². The minimum absolute atomic E-state index is 0.0858. The average Bonchev–Trinajstić information content (AvgIpc) is 3.23. The van der Waals surface area contributed by atoms with Gasteiger partial charge < -0.3 is 14.2 Å². The fourth-order valence-corrected chi connectivity index (χ4v) is 3.39. The number of halogens is 2. The third kappa shape index (κ3) is 5.15. The number of amides is 1. The summed E-state index contributed by atoms with van der Waals surface area (Å²) < 4.78 is 42.1. The highest BCUT2D eigenvalue weighted by Crippen LogP contribution is 2.35. The van der Waals surface area contributed by atoms with Gasteiger partial charge in [-0.1, -0.05) is 0 Å². The summed E-state index contributed by atoms with van der Waals surface area (Å²) in [6.45, 7) is 0.380. The highest BCUT2D eigenvalue weighted by Gasteiger charge is 2.25. The summed E-state index contributed by atoms with van der Waals surface area (Å²) in [4.78, 5) is 27.7. The van der Waals surface area contributed by atoms with E-state index in [1.54, 1.807) is 0 Å². The number of hydrogen-bond donors (Lipinski definition) is 1. The molecule has 0 saturated carbocycles.